The Kier molecular flexibility index (Phi) is 5.86. The number of carbonyl (C=O) groups excluding carboxylic acids is 2. The first-order valence-corrected chi connectivity index (χ1v) is 11.1. The Balaban J connectivity index is 1.72. The zero-order valence-electron chi connectivity index (χ0n) is 17.6. The molecule has 30 heavy (non-hydrogen) atoms. The number of hydrogen-bond donors (Lipinski definition) is 0. The summed E-state index contributed by atoms with van der Waals surface area (Å²) in [7, 11) is 1.59. The molecule has 1 saturated heterocycles. The van der Waals surface area contributed by atoms with E-state index in [1.54, 1.807) is 31.4 Å². The molecule has 4 rings (SSSR count). The van der Waals surface area contributed by atoms with E-state index in [1.807, 2.05) is 31.2 Å². The summed E-state index contributed by atoms with van der Waals surface area (Å²) in [5, 5.41) is 0. The number of thioether (sulfide) groups is 1. The second-order valence-electron chi connectivity index (χ2n) is 7.93. The van der Waals surface area contributed by atoms with Crippen molar-refractivity contribution in [2.45, 2.75) is 31.6 Å². The van der Waals surface area contributed by atoms with Gasteiger partial charge in [0.25, 0.3) is 11.8 Å². The number of benzene rings is 2. The van der Waals surface area contributed by atoms with Crippen LogP contribution in [0.5, 0.6) is 5.75 Å². The third kappa shape index (κ3) is 3.97. The number of anilines is 1. The number of nitrogens with zero attached hydrogens (tertiary/aromatic N) is 2. The van der Waals surface area contributed by atoms with Crippen LogP contribution in [-0.4, -0.2) is 36.9 Å². The van der Waals surface area contributed by atoms with Gasteiger partial charge in [0.15, 0.2) is 0 Å². The molecular weight excluding hydrogens is 396 g/mol. The van der Waals surface area contributed by atoms with Crippen LogP contribution in [0.25, 0.3) is 0 Å². The van der Waals surface area contributed by atoms with E-state index in [1.165, 1.54) is 16.7 Å². The van der Waals surface area contributed by atoms with Gasteiger partial charge in [0.05, 0.1) is 12.8 Å². The maximum Gasteiger partial charge on any atom is 0.283 e. The molecular formula is C24H26N2O3S. The first-order chi connectivity index (χ1) is 14.5. The average Bonchev–Trinajstić information content (AvgIpc) is 2.99. The first kappa shape index (κ1) is 20.5. The summed E-state index contributed by atoms with van der Waals surface area (Å²) >= 11 is 1.38. The van der Waals surface area contributed by atoms with E-state index in [0.29, 0.717) is 28.0 Å². The Morgan fingerprint density at radius 3 is 2.33 bits per heavy atom. The van der Waals surface area contributed by atoms with Crippen molar-refractivity contribution in [2.24, 2.45) is 5.92 Å². The van der Waals surface area contributed by atoms with Gasteiger partial charge in [-0.3, -0.25) is 9.59 Å². The normalized spacial score (nSPS) is 19.6. The van der Waals surface area contributed by atoms with E-state index in [2.05, 4.69) is 11.8 Å². The van der Waals surface area contributed by atoms with Crippen LogP contribution >= 0.6 is 11.8 Å². The predicted molar refractivity (Wildman–Crippen MR) is 120 cm³/mol. The predicted octanol–water partition coefficient (Wildman–Crippen LogP) is 4.61. The number of amides is 2. The number of carbonyl (C=O) groups is 2. The van der Waals surface area contributed by atoms with Crippen molar-refractivity contribution in [3.05, 3.63) is 64.7 Å². The van der Waals surface area contributed by atoms with Crippen molar-refractivity contribution >= 4 is 29.3 Å². The van der Waals surface area contributed by atoms with Gasteiger partial charge in [0.2, 0.25) is 0 Å². The van der Waals surface area contributed by atoms with E-state index in [-0.39, 0.29) is 11.8 Å². The second-order valence-corrected chi connectivity index (χ2v) is 9.01. The summed E-state index contributed by atoms with van der Waals surface area (Å²) in [6.07, 6.45) is 2.17. The fourth-order valence-electron chi connectivity index (χ4n) is 3.95. The Hall–Kier alpha value is -2.73. The molecule has 2 aliphatic heterocycles. The Bertz CT molecular complexity index is 983. The minimum Gasteiger partial charge on any atom is -0.497 e. The molecule has 0 aliphatic carbocycles. The van der Waals surface area contributed by atoms with Gasteiger partial charge in [-0.2, -0.15) is 0 Å². The van der Waals surface area contributed by atoms with Crippen LogP contribution in [0.4, 0.5) is 5.69 Å². The summed E-state index contributed by atoms with van der Waals surface area (Å²) in [4.78, 5) is 31.8. The molecule has 0 N–H and O–H groups in total. The highest BCUT2D eigenvalue weighted by Crippen LogP contribution is 2.40. The number of ether oxygens (including phenoxy) is 1. The van der Waals surface area contributed by atoms with E-state index in [0.717, 1.165) is 36.4 Å². The number of rotatable bonds is 5. The van der Waals surface area contributed by atoms with Crippen molar-refractivity contribution in [1.29, 1.82) is 0 Å². The van der Waals surface area contributed by atoms with Crippen LogP contribution in [0, 0.1) is 12.8 Å². The van der Waals surface area contributed by atoms with Crippen LogP contribution in [0.3, 0.4) is 0 Å². The summed E-state index contributed by atoms with van der Waals surface area (Å²) in [6.45, 7) is 5.82. The minimum atomic E-state index is -0.260. The molecule has 1 atom stereocenters. The molecule has 0 radical (unpaired) electrons. The van der Waals surface area contributed by atoms with Crippen molar-refractivity contribution in [2.75, 3.05) is 25.1 Å². The zero-order chi connectivity index (χ0) is 21.3. The van der Waals surface area contributed by atoms with Crippen LogP contribution in [0.15, 0.2) is 64.0 Å². The SMILES string of the molecule is COc1ccc(N2C(=O)C(Sc3ccc(C)cc3)=C(N3CCC[C@H](C)C3)C2=O)cc1. The third-order valence-corrected chi connectivity index (χ3v) is 6.64. The number of methoxy groups -OCH3 is 1. The number of hydrogen-bond acceptors (Lipinski definition) is 5. The number of aryl methyl sites for hydroxylation is 1. The largest absolute Gasteiger partial charge is 0.497 e. The van der Waals surface area contributed by atoms with Gasteiger partial charge in [0, 0.05) is 18.0 Å². The molecule has 0 aromatic heterocycles. The molecule has 0 spiro atoms. The van der Waals surface area contributed by atoms with E-state index in [9.17, 15) is 9.59 Å². The van der Waals surface area contributed by atoms with Gasteiger partial charge in [-0.15, -0.1) is 0 Å². The highest BCUT2D eigenvalue weighted by molar-refractivity contribution is 8.04. The quantitative estimate of drug-likeness (QED) is 0.659. The second kappa shape index (κ2) is 8.56. The highest BCUT2D eigenvalue weighted by atomic mass is 32.2. The maximum atomic E-state index is 13.5. The smallest absolute Gasteiger partial charge is 0.283 e. The highest BCUT2D eigenvalue weighted by Gasteiger charge is 2.43. The average molecular weight is 423 g/mol. The van der Waals surface area contributed by atoms with Gasteiger partial charge >= 0.3 is 0 Å². The molecule has 2 amide bonds. The van der Waals surface area contributed by atoms with Crippen molar-refractivity contribution in [3.8, 4) is 5.75 Å². The van der Waals surface area contributed by atoms with Crippen LogP contribution in [0.1, 0.15) is 25.3 Å². The fraction of sp³-hybridized carbons (Fsp3) is 0.333. The zero-order valence-corrected chi connectivity index (χ0v) is 18.4. The molecule has 2 aromatic rings. The molecule has 0 unspecified atom stereocenters. The van der Waals surface area contributed by atoms with Crippen molar-refractivity contribution in [1.82, 2.24) is 4.90 Å². The van der Waals surface area contributed by atoms with E-state index >= 15 is 0 Å². The Morgan fingerprint density at radius 2 is 1.70 bits per heavy atom. The number of likely N-dealkylation sites (tertiary alicyclic amines) is 1. The monoisotopic (exact) mass is 422 g/mol. The number of imide groups is 1. The summed E-state index contributed by atoms with van der Waals surface area (Å²) in [5.74, 6) is 0.679. The molecule has 2 heterocycles. The van der Waals surface area contributed by atoms with E-state index in [4.69, 9.17) is 4.74 Å². The fourth-order valence-corrected chi connectivity index (χ4v) is 4.95. The third-order valence-electron chi connectivity index (χ3n) is 5.56. The lowest BCUT2D eigenvalue weighted by Crippen LogP contribution is -2.39. The summed E-state index contributed by atoms with van der Waals surface area (Å²) in [5.41, 5.74) is 2.26. The lowest BCUT2D eigenvalue weighted by molar-refractivity contribution is -0.121. The lowest BCUT2D eigenvalue weighted by atomic mass is 10.00. The maximum absolute atomic E-state index is 13.5. The summed E-state index contributed by atoms with van der Waals surface area (Å²) < 4.78 is 5.21. The van der Waals surface area contributed by atoms with Gasteiger partial charge in [-0.25, -0.2) is 4.90 Å². The summed E-state index contributed by atoms with van der Waals surface area (Å²) in [6, 6.07) is 15.1. The molecule has 0 saturated carbocycles. The molecule has 6 heteroatoms. The standard InChI is InChI=1S/C24H26N2O3S/c1-16-6-12-20(13-7-16)30-22-21(25-14-4-5-17(2)15-25)23(27)26(24(22)28)18-8-10-19(29-3)11-9-18/h6-13,17H,4-5,14-15H2,1-3H3/t17-/m0/s1. The lowest BCUT2D eigenvalue weighted by Gasteiger charge is -2.33. The van der Waals surface area contributed by atoms with Crippen LogP contribution in [-0.2, 0) is 9.59 Å². The molecule has 156 valence electrons. The van der Waals surface area contributed by atoms with Gasteiger partial charge in [0.1, 0.15) is 16.4 Å². The van der Waals surface area contributed by atoms with Gasteiger partial charge < -0.3 is 9.64 Å². The topological polar surface area (TPSA) is 49.9 Å². The number of piperidine rings is 1. The molecule has 2 aromatic carbocycles. The van der Waals surface area contributed by atoms with Crippen LogP contribution < -0.4 is 9.64 Å². The Labute approximate surface area is 181 Å². The van der Waals surface area contributed by atoms with Crippen molar-refractivity contribution < 1.29 is 14.3 Å². The first-order valence-electron chi connectivity index (χ1n) is 10.2. The molecule has 5 nitrogen and oxygen atoms in total. The van der Waals surface area contributed by atoms with Gasteiger partial charge in [-0.1, -0.05) is 36.4 Å². The molecule has 0 bridgehead atoms. The minimum absolute atomic E-state index is 0.242. The van der Waals surface area contributed by atoms with Gasteiger partial charge in [-0.05, 0) is 62.1 Å². The van der Waals surface area contributed by atoms with Crippen LogP contribution in [0.2, 0.25) is 0 Å². The molecule has 2 aliphatic rings. The van der Waals surface area contributed by atoms with Crippen molar-refractivity contribution in [3.63, 3.8) is 0 Å². The Morgan fingerprint density at radius 1 is 1.00 bits per heavy atom. The van der Waals surface area contributed by atoms with E-state index < -0.39 is 0 Å². The molecule has 1 fully saturated rings.